The number of benzene rings is 2. The van der Waals surface area contributed by atoms with Crippen LogP contribution >= 0.6 is 0 Å². The largest absolute Gasteiger partial charge is 0.322 e. The molecule has 2 N–H and O–H groups in total. The Morgan fingerprint density at radius 3 is 2.23 bits per heavy atom. The Balaban J connectivity index is 1.99. The quantitative estimate of drug-likeness (QED) is 0.657. The second-order valence-corrected chi connectivity index (χ2v) is 4.56. The third-order valence-electron chi connectivity index (χ3n) is 2.88. The van der Waals surface area contributed by atoms with Crippen LogP contribution in [0, 0.1) is 0 Å². The summed E-state index contributed by atoms with van der Waals surface area (Å²) in [5, 5.41) is 6.56. The van der Waals surface area contributed by atoms with Crippen LogP contribution in [0.3, 0.4) is 0 Å². The summed E-state index contributed by atoms with van der Waals surface area (Å²) in [6, 6.07) is 15.6. The Hall–Kier alpha value is -2.95. The molecular formula is C17H17N3O2. The minimum atomic E-state index is -0.286. The molecule has 0 bridgehead atoms. The molecule has 5 heteroatoms. The molecule has 2 rings (SSSR count). The first-order valence-corrected chi connectivity index (χ1v) is 6.99. The second-order valence-electron chi connectivity index (χ2n) is 4.56. The van der Waals surface area contributed by atoms with E-state index in [1.54, 1.807) is 54.7 Å². The minimum Gasteiger partial charge on any atom is -0.322 e. The lowest BCUT2D eigenvalue weighted by Gasteiger charge is -2.06. The number of anilines is 1. The number of hydrazone groups is 1. The van der Waals surface area contributed by atoms with Crippen molar-refractivity contribution in [3.05, 3.63) is 65.7 Å². The van der Waals surface area contributed by atoms with E-state index in [-0.39, 0.29) is 11.8 Å². The maximum absolute atomic E-state index is 12.0. The molecule has 2 aromatic rings. The molecule has 2 aromatic carbocycles. The third kappa shape index (κ3) is 4.28. The van der Waals surface area contributed by atoms with Crippen molar-refractivity contribution in [1.82, 2.24) is 5.43 Å². The summed E-state index contributed by atoms with van der Waals surface area (Å²) >= 11 is 0. The summed E-state index contributed by atoms with van der Waals surface area (Å²) in [6.45, 7) is 1.93. The van der Waals surface area contributed by atoms with Gasteiger partial charge in [-0.25, -0.2) is 5.43 Å². The van der Waals surface area contributed by atoms with Gasteiger partial charge in [-0.3, -0.25) is 9.59 Å². The molecule has 0 aliphatic carbocycles. The van der Waals surface area contributed by atoms with Crippen LogP contribution in [0.5, 0.6) is 0 Å². The fraction of sp³-hybridized carbons (Fsp3) is 0.118. The lowest BCUT2D eigenvalue weighted by atomic mass is 10.2. The summed E-state index contributed by atoms with van der Waals surface area (Å²) < 4.78 is 0. The first-order valence-electron chi connectivity index (χ1n) is 6.99. The fourth-order valence-electron chi connectivity index (χ4n) is 1.76. The van der Waals surface area contributed by atoms with Crippen molar-refractivity contribution in [2.45, 2.75) is 13.3 Å². The number of amides is 2. The van der Waals surface area contributed by atoms with Gasteiger partial charge in [0.25, 0.3) is 11.8 Å². The predicted molar refractivity (Wildman–Crippen MR) is 87.1 cm³/mol. The summed E-state index contributed by atoms with van der Waals surface area (Å²) in [6.07, 6.45) is 2.37. The highest BCUT2D eigenvalue weighted by atomic mass is 16.2. The molecule has 0 saturated carbocycles. The molecule has 0 atom stereocenters. The first-order chi connectivity index (χ1) is 10.7. The van der Waals surface area contributed by atoms with Crippen LogP contribution in [0.25, 0.3) is 0 Å². The average molecular weight is 295 g/mol. The molecule has 0 aliphatic rings. The molecule has 0 fully saturated rings. The Morgan fingerprint density at radius 2 is 1.59 bits per heavy atom. The standard InChI is InChI=1S/C17H17N3O2/c1-2-12-18-20-17(22)14-8-10-15(11-9-14)19-16(21)13-6-4-3-5-7-13/h3-12H,2H2,1H3,(H,19,21)(H,20,22)/b18-12+. The Bertz CT molecular complexity index is 664. The van der Waals surface area contributed by atoms with Crippen molar-refractivity contribution in [3.63, 3.8) is 0 Å². The number of hydrogen-bond acceptors (Lipinski definition) is 3. The molecular weight excluding hydrogens is 278 g/mol. The number of nitrogens with one attached hydrogen (secondary N) is 2. The van der Waals surface area contributed by atoms with Crippen molar-refractivity contribution < 1.29 is 9.59 Å². The van der Waals surface area contributed by atoms with E-state index in [0.717, 1.165) is 6.42 Å². The summed E-state index contributed by atoms with van der Waals surface area (Å²) in [5.74, 6) is -0.476. The van der Waals surface area contributed by atoms with Gasteiger partial charge < -0.3 is 5.32 Å². The molecule has 112 valence electrons. The molecule has 0 spiro atoms. The zero-order valence-electron chi connectivity index (χ0n) is 12.2. The van der Waals surface area contributed by atoms with Gasteiger partial charge in [-0.15, -0.1) is 0 Å². The number of carbonyl (C=O) groups excluding carboxylic acids is 2. The van der Waals surface area contributed by atoms with E-state index in [4.69, 9.17) is 0 Å². The van der Waals surface area contributed by atoms with Crippen LogP contribution in [0.1, 0.15) is 34.1 Å². The van der Waals surface area contributed by atoms with E-state index >= 15 is 0 Å². The predicted octanol–water partition coefficient (Wildman–Crippen LogP) is 3.06. The molecule has 0 unspecified atom stereocenters. The highest BCUT2D eigenvalue weighted by Crippen LogP contribution is 2.11. The van der Waals surface area contributed by atoms with Gasteiger partial charge in [0.15, 0.2) is 0 Å². The number of carbonyl (C=O) groups is 2. The highest BCUT2D eigenvalue weighted by Gasteiger charge is 2.07. The molecule has 0 radical (unpaired) electrons. The van der Waals surface area contributed by atoms with Crippen LogP contribution in [0.4, 0.5) is 5.69 Å². The van der Waals surface area contributed by atoms with Gasteiger partial charge in [-0.1, -0.05) is 25.1 Å². The zero-order chi connectivity index (χ0) is 15.8. The SMILES string of the molecule is CC/C=N/NC(=O)c1ccc(NC(=O)c2ccccc2)cc1. The lowest BCUT2D eigenvalue weighted by Crippen LogP contribution is -2.17. The normalized spacial score (nSPS) is 10.4. The van der Waals surface area contributed by atoms with Crippen LogP contribution in [-0.2, 0) is 0 Å². The van der Waals surface area contributed by atoms with Gasteiger partial charge in [-0.05, 0) is 42.8 Å². The van der Waals surface area contributed by atoms with Gasteiger partial charge in [0.05, 0.1) is 0 Å². The molecule has 0 aliphatic heterocycles. The van der Waals surface area contributed by atoms with Crippen LogP contribution in [0.15, 0.2) is 59.7 Å². The Morgan fingerprint density at radius 1 is 0.955 bits per heavy atom. The summed E-state index contributed by atoms with van der Waals surface area (Å²) in [7, 11) is 0. The summed E-state index contributed by atoms with van der Waals surface area (Å²) in [5.41, 5.74) is 4.12. The summed E-state index contributed by atoms with van der Waals surface area (Å²) in [4.78, 5) is 23.8. The average Bonchev–Trinajstić information content (AvgIpc) is 2.56. The molecule has 5 nitrogen and oxygen atoms in total. The van der Waals surface area contributed by atoms with Gasteiger partial charge in [-0.2, -0.15) is 5.10 Å². The van der Waals surface area contributed by atoms with Gasteiger partial charge in [0.1, 0.15) is 0 Å². The Kier molecular flexibility index (Phi) is 5.43. The minimum absolute atomic E-state index is 0.189. The van der Waals surface area contributed by atoms with Gasteiger partial charge in [0, 0.05) is 23.0 Å². The van der Waals surface area contributed by atoms with Crippen LogP contribution < -0.4 is 10.7 Å². The van der Waals surface area contributed by atoms with E-state index in [9.17, 15) is 9.59 Å². The monoisotopic (exact) mass is 295 g/mol. The lowest BCUT2D eigenvalue weighted by molar-refractivity contribution is 0.0954. The van der Waals surface area contributed by atoms with E-state index in [2.05, 4.69) is 15.8 Å². The van der Waals surface area contributed by atoms with Gasteiger partial charge in [0.2, 0.25) is 0 Å². The zero-order valence-corrected chi connectivity index (χ0v) is 12.2. The van der Waals surface area contributed by atoms with Crippen molar-refractivity contribution in [2.75, 3.05) is 5.32 Å². The maximum Gasteiger partial charge on any atom is 0.271 e. The van der Waals surface area contributed by atoms with E-state index in [0.29, 0.717) is 16.8 Å². The number of rotatable bonds is 5. The van der Waals surface area contributed by atoms with E-state index in [1.165, 1.54) is 0 Å². The van der Waals surface area contributed by atoms with Crippen LogP contribution in [0.2, 0.25) is 0 Å². The van der Waals surface area contributed by atoms with Gasteiger partial charge >= 0.3 is 0 Å². The van der Waals surface area contributed by atoms with Crippen molar-refractivity contribution in [3.8, 4) is 0 Å². The third-order valence-corrected chi connectivity index (χ3v) is 2.88. The number of hydrogen-bond donors (Lipinski definition) is 2. The van der Waals surface area contributed by atoms with Crippen molar-refractivity contribution >= 4 is 23.7 Å². The van der Waals surface area contributed by atoms with E-state index < -0.39 is 0 Å². The molecule has 2 amide bonds. The fourth-order valence-corrected chi connectivity index (χ4v) is 1.76. The van der Waals surface area contributed by atoms with Crippen LogP contribution in [-0.4, -0.2) is 18.0 Å². The molecule has 0 heterocycles. The highest BCUT2D eigenvalue weighted by molar-refractivity contribution is 6.04. The number of nitrogens with zero attached hydrogens (tertiary/aromatic N) is 1. The van der Waals surface area contributed by atoms with Crippen molar-refractivity contribution in [1.29, 1.82) is 0 Å². The smallest absolute Gasteiger partial charge is 0.271 e. The molecule has 0 aromatic heterocycles. The maximum atomic E-state index is 12.0. The first kappa shape index (κ1) is 15.4. The molecule has 0 saturated heterocycles. The topological polar surface area (TPSA) is 70.6 Å². The molecule has 22 heavy (non-hydrogen) atoms. The van der Waals surface area contributed by atoms with E-state index in [1.807, 2.05) is 13.0 Å². The van der Waals surface area contributed by atoms with Crippen molar-refractivity contribution in [2.24, 2.45) is 5.10 Å². The Labute approximate surface area is 129 Å². The second kappa shape index (κ2) is 7.73.